The van der Waals surface area contributed by atoms with Crippen LogP contribution in [0.2, 0.25) is 0 Å². The van der Waals surface area contributed by atoms with Crippen molar-refractivity contribution < 1.29 is 24.5 Å². The summed E-state index contributed by atoms with van der Waals surface area (Å²) in [6, 6.07) is 14.6. The Morgan fingerprint density at radius 3 is 2.69 bits per heavy atom. The maximum atomic E-state index is 11.9. The van der Waals surface area contributed by atoms with Gasteiger partial charge >= 0.3 is 0 Å². The number of carbonyl (C=O) groups excluding carboxylic acids is 1. The van der Waals surface area contributed by atoms with Crippen molar-refractivity contribution in [2.24, 2.45) is 0 Å². The van der Waals surface area contributed by atoms with Gasteiger partial charge in [0.05, 0.1) is 12.7 Å². The molecule has 3 rings (SSSR count). The number of para-hydroxylation sites is 1. The summed E-state index contributed by atoms with van der Waals surface area (Å²) in [6.45, 7) is 0.121. The van der Waals surface area contributed by atoms with Crippen LogP contribution in [0.5, 0.6) is 5.75 Å². The van der Waals surface area contributed by atoms with E-state index in [1.807, 2.05) is 24.3 Å². The fourth-order valence-corrected chi connectivity index (χ4v) is 2.79. The van der Waals surface area contributed by atoms with Crippen molar-refractivity contribution in [2.45, 2.75) is 32.3 Å². The number of aliphatic hydroxyl groups excluding tert-OH is 2. The van der Waals surface area contributed by atoms with Gasteiger partial charge in [0.2, 0.25) is 6.29 Å². The maximum absolute atomic E-state index is 11.9. The molecule has 0 bridgehead atoms. The third-order valence-electron chi connectivity index (χ3n) is 4.07. The quantitative estimate of drug-likeness (QED) is 0.779. The smallest absolute Gasteiger partial charge is 0.251 e. The zero-order valence-electron chi connectivity index (χ0n) is 13.9. The third-order valence-corrected chi connectivity index (χ3v) is 4.07. The highest BCUT2D eigenvalue weighted by Crippen LogP contribution is 2.32. The summed E-state index contributed by atoms with van der Waals surface area (Å²) >= 11 is 0. The molecule has 1 fully saturated rings. The van der Waals surface area contributed by atoms with E-state index >= 15 is 0 Å². The topological polar surface area (TPSA) is 88.0 Å². The number of aliphatic hydroxyl groups is 2. The molecule has 2 aromatic rings. The Kier molecular flexibility index (Phi) is 6.74. The van der Waals surface area contributed by atoms with Crippen LogP contribution in [0, 0.1) is 0 Å². The lowest BCUT2D eigenvalue weighted by molar-refractivity contribution is -0.198. The second kappa shape index (κ2) is 8.80. The fourth-order valence-electron chi connectivity index (χ4n) is 2.79. The number of carbonyl (C=O) groups is 1. The highest BCUT2D eigenvalue weighted by atomic mass is 16.7. The molecule has 1 aliphatic rings. The van der Waals surface area contributed by atoms with Gasteiger partial charge in [0, 0.05) is 24.6 Å². The van der Waals surface area contributed by atoms with Crippen molar-refractivity contribution >= 4 is 5.91 Å². The average Bonchev–Trinajstić information content (AvgIpc) is 2.64. The van der Waals surface area contributed by atoms with Gasteiger partial charge in [0.25, 0.3) is 5.91 Å². The van der Waals surface area contributed by atoms with Gasteiger partial charge in [-0.3, -0.25) is 4.79 Å². The molecule has 0 spiro atoms. The Morgan fingerprint density at radius 2 is 1.96 bits per heavy atom. The molecule has 3 atom stereocenters. The molecule has 0 radical (unpaired) electrons. The van der Waals surface area contributed by atoms with Crippen molar-refractivity contribution in [3.63, 3.8) is 0 Å². The van der Waals surface area contributed by atoms with Crippen LogP contribution in [0.3, 0.4) is 0 Å². The number of amides is 1. The Bertz CT molecular complexity index is 748. The molecule has 0 saturated carbocycles. The predicted octanol–water partition coefficient (Wildman–Crippen LogP) is 2.20. The van der Waals surface area contributed by atoms with E-state index in [1.165, 1.54) is 0 Å². The van der Waals surface area contributed by atoms with E-state index in [2.05, 4.69) is 5.32 Å². The van der Waals surface area contributed by atoms with Crippen LogP contribution in [0.25, 0.3) is 11.1 Å². The van der Waals surface area contributed by atoms with E-state index in [1.54, 1.807) is 31.3 Å². The van der Waals surface area contributed by atoms with Gasteiger partial charge in [0.15, 0.2) is 0 Å². The molecule has 0 aliphatic carbocycles. The lowest BCUT2D eigenvalue weighted by Gasteiger charge is -2.31. The number of benzene rings is 2. The van der Waals surface area contributed by atoms with Crippen LogP contribution in [-0.4, -0.2) is 48.3 Å². The molecule has 1 heterocycles. The summed E-state index contributed by atoms with van der Waals surface area (Å²) in [4.78, 5) is 11.9. The highest BCUT2D eigenvalue weighted by Gasteiger charge is 2.31. The second-order valence-corrected chi connectivity index (χ2v) is 5.93. The Morgan fingerprint density at radius 1 is 1.19 bits per heavy atom. The Hall–Kier alpha value is -2.41. The number of hydrogen-bond acceptors (Lipinski definition) is 5. The molecule has 3 N–H and O–H groups in total. The fraction of sp³-hybridized carbons (Fsp3) is 0.350. The van der Waals surface area contributed by atoms with Crippen molar-refractivity contribution in [1.29, 1.82) is 0 Å². The number of ether oxygens (including phenoxy) is 2. The number of hydrogen-bond donors (Lipinski definition) is 3. The van der Waals surface area contributed by atoms with Gasteiger partial charge in [-0.15, -0.1) is 0 Å². The molecule has 6 nitrogen and oxygen atoms in total. The average molecular weight is 359 g/mol. The van der Waals surface area contributed by atoms with Crippen LogP contribution in [0.1, 0.15) is 24.2 Å². The van der Waals surface area contributed by atoms with Gasteiger partial charge in [-0.2, -0.15) is 0 Å². The zero-order valence-corrected chi connectivity index (χ0v) is 13.9. The first kappa shape index (κ1) is 19.9. The zero-order chi connectivity index (χ0) is 17.8. The first-order valence-electron chi connectivity index (χ1n) is 8.14. The van der Waals surface area contributed by atoms with Crippen molar-refractivity contribution in [2.75, 3.05) is 13.7 Å². The number of rotatable bonds is 4. The summed E-state index contributed by atoms with van der Waals surface area (Å²) < 4.78 is 11.2. The van der Waals surface area contributed by atoms with Gasteiger partial charge < -0.3 is 25.0 Å². The molecule has 2 aromatic carbocycles. The van der Waals surface area contributed by atoms with Crippen molar-refractivity contribution in [3.05, 3.63) is 54.1 Å². The molecule has 26 heavy (non-hydrogen) atoms. The van der Waals surface area contributed by atoms with Crippen LogP contribution < -0.4 is 10.1 Å². The van der Waals surface area contributed by atoms with E-state index in [9.17, 15) is 15.0 Å². The Balaban J connectivity index is 0.00000243. The van der Waals surface area contributed by atoms with E-state index in [0.717, 1.165) is 11.1 Å². The minimum absolute atomic E-state index is 0. The lowest BCUT2D eigenvalue weighted by atomic mass is 10.0. The number of nitrogens with one attached hydrogen (secondary N) is 1. The predicted molar refractivity (Wildman–Crippen MR) is 99.0 cm³/mol. The molecular weight excluding hydrogens is 334 g/mol. The van der Waals surface area contributed by atoms with Gasteiger partial charge in [-0.1, -0.05) is 37.8 Å². The third kappa shape index (κ3) is 4.40. The van der Waals surface area contributed by atoms with Crippen LogP contribution in [0.15, 0.2) is 48.5 Å². The molecule has 140 valence electrons. The normalized spacial score (nSPS) is 22.2. The first-order chi connectivity index (χ1) is 12.1. The van der Waals surface area contributed by atoms with E-state index in [-0.39, 0.29) is 26.4 Å². The second-order valence-electron chi connectivity index (χ2n) is 5.93. The summed E-state index contributed by atoms with van der Waals surface area (Å²) in [7, 11) is 1.59. The van der Waals surface area contributed by atoms with Crippen LogP contribution >= 0.6 is 0 Å². The van der Waals surface area contributed by atoms with E-state index in [0.29, 0.717) is 11.3 Å². The summed E-state index contributed by atoms with van der Waals surface area (Å²) in [5.74, 6) is 0.372. The van der Waals surface area contributed by atoms with Gasteiger partial charge in [0.1, 0.15) is 11.9 Å². The minimum atomic E-state index is -0.908. The minimum Gasteiger partial charge on any atom is -0.461 e. The van der Waals surface area contributed by atoms with Crippen molar-refractivity contribution in [1.82, 2.24) is 5.32 Å². The first-order valence-corrected chi connectivity index (χ1v) is 8.14. The molecule has 1 aliphatic heterocycles. The Labute approximate surface area is 153 Å². The monoisotopic (exact) mass is 359 g/mol. The lowest BCUT2D eigenvalue weighted by Crippen LogP contribution is -2.44. The summed E-state index contributed by atoms with van der Waals surface area (Å²) in [6.07, 6.45) is -2.23. The van der Waals surface area contributed by atoms with E-state index in [4.69, 9.17) is 9.47 Å². The molecule has 1 saturated heterocycles. The molecule has 1 unspecified atom stereocenters. The molecule has 6 heteroatoms. The largest absolute Gasteiger partial charge is 0.461 e. The standard InChI is InChI=1S/C19H21NO5.CH4/c1-20-18(23)13-6-4-5-12(9-13)15-7-2-3-8-17(15)25-19-16(22)10-14(21)11-24-19;/h2-9,14,16,19,21-22H,10-11H2,1H3,(H,20,23);1H4/t14-,16?,19+;/m1./s1. The van der Waals surface area contributed by atoms with E-state index < -0.39 is 18.5 Å². The SMILES string of the molecule is C.CNC(=O)c1cccc(-c2ccccc2O[C@@H]2OC[C@H](O)CC2O)c1. The van der Waals surface area contributed by atoms with Gasteiger partial charge in [-0.05, 0) is 23.8 Å². The maximum Gasteiger partial charge on any atom is 0.251 e. The van der Waals surface area contributed by atoms with Gasteiger partial charge in [-0.25, -0.2) is 0 Å². The highest BCUT2D eigenvalue weighted by molar-refractivity contribution is 5.95. The summed E-state index contributed by atoms with van der Waals surface area (Å²) in [5, 5.41) is 22.2. The van der Waals surface area contributed by atoms with Crippen LogP contribution in [-0.2, 0) is 4.74 Å². The van der Waals surface area contributed by atoms with Crippen LogP contribution in [0.4, 0.5) is 0 Å². The molecule has 0 aromatic heterocycles. The van der Waals surface area contributed by atoms with Crippen molar-refractivity contribution in [3.8, 4) is 16.9 Å². The summed E-state index contributed by atoms with van der Waals surface area (Å²) in [5.41, 5.74) is 2.16. The molecular formula is C20H25NO5. The molecule has 1 amide bonds.